The van der Waals surface area contributed by atoms with E-state index in [1.807, 2.05) is 18.4 Å². The summed E-state index contributed by atoms with van der Waals surface area (Å²) in [4.78, 5) is 9.51. The fourth-order valence-electron chi connectivity index (χ4n) is 3.89. The minimum atomic E-state index is 0. The molecule has 3 heterocycles. The van der Waals surface area contributed by atoms with Gasteiger partial charge in [0.1, 0.15) is 0 Å². The molecule has 1 atom stereocenters. The van der Waals surface area contributed by atoms with Crippen LogP contribution >= 0.6 is 35.3 Å². The molecule has 0 radical (unpaired) electrons. The second kappa shape index (κ2) is 11.3. The summed E-state index contributed by atoms with van der Waals surface area (Å²) >= 11 is 1.84. The van der Waals surface area contributed by atoms with Crippen molar-refractivity contribution in [2.45, 2.75) is 51.1 Å². The van der Waals surface area contributed by atoms with Gasteiger partial charge in [0.15, 0.2) is 5.96 Å². The summed E-state index contributed by atoms with van der Waals surface area (Å²) in [6.07, 6.45) is 6.41. The molecule has 0 aliphatic carbocycles. The van der Waals surface area contributed by atoms with Gasteiger partial charge in [0.25, 0.3) is 0 Å². The first-order chi connectivity index (χ1) is 12.3. The number of aliphatic imine (C=N–C) groups is 1. The second-order valence-electron chi connectivity index (χ2n) is 7.24. The molecule has 26 heavy (non-hydrogen) atoms. The molecular formula is C19H34IN5S. The topological polar surface area (TPSA) is 42.9 Å². The molecule has 3 rings (SSSR count). The van der Waals surface area contributed by atoms with Crippen molar-refractivity contribution in [2.24, 2.45) is 4.99 Å². The Hall–Kier alpha value is -0.540. The molecule has 0 spiro atoms. The lowest BCUT2D eigenvalue weighted by Crippen LogP contribution is -2.50. The second-order valence-corrected chi connectivity index (χ2v) is 8.16. The maximum atomic E-state index is 4.42. The summed E-state index contributed by atoms with van der Waals surface area (Å²) in [7, 11) is 1.87. The highest BCUT2D eigenvalue weighted by Crippen LogP contribution is 2.24. The summed E-state index contributed by atoms with van der Waals surface area (Å²) < 4.78 is 0. The standard InChI is InChI=1S/C19H33N5S.HI/c1-16-6-3-4-11-23(16)14-10-21-19(20-2)22-17-8-12-24(13-9-17)18-7-5-15-25-18;/h5,7,15-17H,3-4,6,8-14H2,1-2H3,(H2,20,21,22);1H. The molecule has 7 heteroatoms. The van der Waals surface area contributed by atoms with Crippen molar-refractivity contribution in [1.29, 1.82) is 0 Å². The average molecular weight is 491 g/mol. The average Bonchev–Trinajstić information content (AvgIpc) is 3.17. The first kappa shape index (κ1) is 21.8. The molecule has 1 aromatic rings. The van der Waals surface area contributed by atoms with E-state index in [4.69, 9.17) is 0 Å². The highest BCUT2D eigenvalue weighted by atomic mass is 127. The van der Waals surface area contributed by atoms with Gasteiger partial charge >= 0.3 is 0 Å². The maximum Gasteiger partial charge on any atom is 0.191 e. The number of thiophene rings is 1. The van der Waals surface area contributed by atoms with Crippen molar-refractivity contribution in [3.05, 3.63) is 17.5 Å². The van der Waals surface area contributed by atoms with Crippen molar-refractivity contribution in [1.82, 2.24) is 15.5 Å². The molecule has 148 valence electrons. The summed E-state index contributed by atoms with van der Waals surface area (Å²) in [6.45, 7) is 7.93. The Kier molecular flexibility index (Phi) is 9.49. The number of nitrogens with zero attached hydrogens (tertiary/aromatic N) is 3. The van der Waals surface area contributed by atoms with Crippen LogP contribution in [0.5, 0.6) is 0 Å². The fraction of sp³-hybridized carbons (Fsp3) is 0.737. The van der Waals surface area contributed by atoms with Crippen LogP contribution in [0.15, 0.2) is 22.5 Å². The first-order valence-electron chi connectivity index (χ1n) is 9.76. The van der Waals surface area contributed by atoms with E-state index >= 15 is 0 Å². The number of guanidine groups is 1. The fourth-order valence-corrected chi connectivity index (χ4v) is 4.68. The van der Waals surface area contributed by atoms with Crippen molar-refractivity contribution >= 4 is 46.3 Å². The van der Waals surface area contributed by atoms with E-state index in [0.29, 0.717) is 6.04 Å². The van der Waals surface area contributed by atoms with Gasteiger partial charge in [-0.3, -0.25) is 9.89 Å². The molecule has 2 aliphatic rings. The zero-order valence-corrected chi connectivity index (χ0v) is 19.3. The number of halogens is 1. The van der Waals surface area contributed by atoms with Crippen molar-refractivity contribution < 1.29 is 0 Å². The number of piperidine rings is 2. The van der Waals surface area contributed by atoms with E-state index in [2.05, 4.69) is 49.9 Å². The molecule has 0 amide bonds. The normalized spacial score (nSPS) is 22.8. The number of likely N-dealkylation sites (tertiary alicyclic amines) is 1. The van der Waals surface area contributed by atoms with Gasteiger partial charge in [-0.1, -0.05) is 6.42 Å². The Morgan fingerprint density at radius 1 is 1.23 bits per heavy atom. The van der Waals surface area contributed by atoms with Crippen LogP contribution in [0.1, 0.15) is 39.0 Å². The van der Waals surface area contributed by atoms with Gasteiger partial charge < -0.3 is 15.5 Å². The predicted molar refractivity (Wildman–Crippen MR) is 124 cm³/mol. The lowest BCUT2D eigenvalue weighted by atomic mass is 10.0. The van der Waals surface area contributed by atoms with Crippen LogP contribution in [0, 0.1) is 0 Å². The third kappa shape index (κ3) is 6.27. The van der Waals surface area contributed by atoms with Gasteiger partial charge in [0, 0.05) is 45.3 Å². The zero-order chi connectivity index (χ0) is 17.5. The number of anilines is 1. The molecule has 0 aromatic carbocycles. The maximum absolute atomic E-state index is 4.42. The smallest absolute Gasteiger partial charge is 0.191 e. The Labute approximate surface area is 179 Å². The summed E-state index contributed by atoms with van der Waals surface area (Å²) in [5.41, 5.74) is 0. The van der Waals surface area contributed by atoms with Crippen LogP contribution in [0.25, 0.3) is 0 Å². The number of hydrogen-bond donors (Lipinski definition) is 2. The molecular weight excluding hydrogens is 457 g/mol. The minimum Gasteiger partial charge on any atom is -0.363 e. The third-order valence-corrected chi connectivity index (χ3v) is 6.44. The molecule has 2 saturated heterocycles. The van der Waals surface area contributed by atoms with Gasteiger partial charge in [-0.25, -0.2) is 0 Å². The van der Waals surface area contributed by atoms with E-state index in [1.165, 1.54) is 43.6 Å². The Balaban J connectivity index is 0.00000243. The lowest BCUT2D eigenvalue weighted by molar-refractivity contribution is 0.163. The predicted octanol–water partition coefficient (Wildman–Crippen LogP) is 3.37. The Bertz CT molecular complexity index is 528. The van der Waals surface area contributed by atoms with Gasteiger partial charge in [-0.2, -0.15) is 0 Å². The van der Waals surface area contributed by atoms with E-state index in [-0.39, 0.29) is 24.0 Å². The Morgan fingerprint density at radius 2 is 2.04 bits per heavy atom. The van der Waals surface area contributed by atoms with Crippen molar-refractivity contribution in [3.63, 3.8) is 0 Å². The van der Waals surface area contributed by atoms with Gasteiger partial charge in [0.2, 0.25) is 0 Å². The van der Waals surface area contributed by atoms with Gasteiger partial charge in [0.05, 0.1) is 5.00 Å². The first-order valence-corrected chi connectivity index (χ1v) is 10.6. The van der Waals surface area contributed by atoms with E-state index in [1.54, 1.807) is 0 Å². The molecule has 0 bridgehead atoms. The summed E-state index contributed by atoms with van der Waals surface area (Å²) in [5, 5.41) is 10.7. The van der Waals surface area contributed by atoms with Gasteiger partial charge in [-0.05, 0) is 56.7 Å². The van der Waals surface area contributed by atoms with Crippen LogP contribution < -0.4 is 15.5 Å². The van der Waals surface area contributed by atoms with Crippen LogP contribution in [-0.4, -0.2) is 62.7 Å². The van der Waals surface area contributed by atoms with Gasteiger partial charge in [-0.15, -0.1) is 35.3 Å². The highest BCUT2D eigenvalue weighted by Gasteiger charge is 2.21. The quantitative estimate of drug-likeness (QED) is 0.377. The molecule has 2 N–H and O–H groups in total. The minimum absolute atomic E-state index is 0. The SMILES string of the molecule is CN=C(NCCN1CCCCC1C)NC1CCN(c2cccs2)CC1.I. The Morgan fingerprint density at radius 3 is 2.69 bits per heavy atom. The summed E-state index contributed by atoms with van der Waals surface area (Å²) in [6, 6.07) is 5.61. The van der Waals surface area contributed by atoms with Crippen LogP contribution in [0.4, 0.5) is 5.00 Å². The van der Waals surface area contributed by atoms with Crippen LogP contribution in [0.3, 0.4) is 0 Å². The zero-order valence-electron chi connectivity index (χ0n) is 16.1. The number of hydrogen-bond acceptors (Lipinski definition) is 4. The number of rotatable bonds is 5. The molecule has 1 unspecified atom stereocenters. The molecule has 0 saturated carbocycles. The molecule has 5 nitrogen and oxygen atoms in total. The number of nitrogens with one attached hydrogen (secondary N) is 2. The van der Waals surface area contributed by atoms with Crippen LogP contribution in [0.2, 0.25) is 0 Å². The third-order valence-electron chi connectivity index (χ3n) is 5.51. The monoisotopic (exact) mass is 491 g/mol. The van der Waals surface area contributed by atoms with Crippen molar-refractivity contribution in [3.8, 4) is 0 Å². The lowest BCUT2D eigenvalue weighted by Gasteiger charge is -2.34. The summed E-state index contributed by atoms with van der Waals surface area (Å²) in [5.74, 6) is 0.958. The van der Waals surface area contributed by atoms with E-state index in [9.17, 15) is 0 Å². The van der Waals surface area contributed by atoms with E-state index < -0.39 is 0 Å². The largest absolute Gasteiger partial charge is 0.363 e. The highest BCUT2D eigenvalue weighted by molar-refractivity contribution is 14.0. The molecule has 2 fully saturated rings. The van der Waals surface area contributed by atoms with E-state index in [0.717, 1.165) is 38.2 Å². The van der Waals surface area contributed by atoms with Crippen LogP contribution in [-0.2, 0) is 0 Å². The molecule has 2 aliphatic heterocycles. The van der Waals surface area contributed by atoms with Crippen molar-refractivity contribution in [2.75, 3.05) is 44.7 Å². The molecule has 1 aromatic heterocycles.